The molecule has 0 saturated heterocycles. The highest BCUT2D eigenvalue weighted by molar-refractivity contribution is 5.92. The quantitative estimate of drug-likeness (QED) is 0.912. The second kappa shape index (κ2) is 6.32. The summed E-state index contributed by atoms with van der Waals surface area (Å²) in [6.07, 6.45) is 3.85. The fourth-order valence-electron chi connectivity index (χ4n) is 2.94. The van der Waals surface area contributed by atoms with E-state index in [0.29, 0.717) is 5.69 Å². The Morgan fingerprint density at radius 2 is 1.91 bits per heavy atom. The minimum absolute atomic E-state index is 0.0988. The van der Waals surface area contributed by atoms with Crippen molar-refractivity contribution in [2.75, 3.05) is 0 Å². The Hall–Kier alpha value is -2.14. The molecular formula is C17H22N4O. The van der Waals surface area contributed by atoms with Gasteiger partial charge in [-0.3, -0.25) is 4.79 Å². The van der Waals surface area contributed by atoms with Gasteiger partial charge in [-0.1, -0.05) is 18.2 Å². The zero-order valence-corrected chi connectivity index (χ0v) is 12.8. The lowest BCUT2D eigenvalue weighted by Crippen LogP contribution is -2.40. The van der Waals surface area contributed by atoms with Crippen molar-refractivity contribution in [1.29, 1.82) is 0 Å². The van der Waals surface area contributed by atoms with Crippen molar-refractivity contribution in [1.82, 2.24) is 15.1 Å². The Morgan fingerprint density at radius 3 is 2.59 bits per heavy atom. The Labute approximate surface area is 130 Å². The summed E-state index contributed by atoms with van der Waals surface area (Å²) in [7, 11) is 0. The summed E-state index contributed by atoms with van der Waals surface area (Å²) in [5.41, 5.74) is 8.27. The number of carbonyl (C=O) groups excluding carboxylic acids is 1. The third-order valence-electron chi connectivity index (χ3n) is 4.23. The predicted molar refractivity (Wildman–Crippen MR) is 86.0 cm³/mol. The van der Waals surface area contributed by atoms with E-state index in [1.54, 1.807) is 4.68 Å². The van der Waals surface area contributed by atoms with Gasteiger partial charge in [0.05, 0.1) is 5.69 Å². The van der Waals surface area contributed by atoms with Crippen molar-refractivity contribution in [2.45, 2.75) is 44.7 Å². The van der Waals surface area contributed by atoms with Gasteiger partial charge in [0.1, 0.15) is 0 Å². The molecule has 1 aromatic carbocycles. The van der Waals surface area contributed by atoms with E-state index >= 15 is 0 Å². The number of nitrogens with two attached hydrogens (primary N) is 1. The largest absolute Gasteiger partial charge is 0.348 e. The summed E-state index contributed by atoms with van der Waals surface area (Å²) in [6.45, 7) is 1.95. The van der Waals surface area contributed by atoms with Crippen LogP contribution in [0.15, 0.2) is 36.4 Å². The molecule has 5 heteroatoms. The molecule has 3 N–H and O–H groups in total. The number of rotatable bonds is 3. The molecule has 1 saturated carbocycles. The Balaban J connectivity index is 1.71. The average Bonchev–Trinajstić information content (AvgIpc) is 2.92. The molecule has 1 amide bonds. The molecule has 5 nitrogen and oxygen atoms in total. The minimum Gasteiger partial charge on any atom is -0.348 e. The predicted octanol–water partition coefficient (Wildman–Crippen LogP) is 2.18. The molecule has 0 radical (unpaired) electrons. The van der Waals surface area contributed by atoms with Gasteiger partial charge in [-0.05, 0) is 50.8 Å². The van der Waals surface area contributed by atoms with Gasteiger partial charge in [0, 0.05) is 17.8 Å². The highest BCUT2D eigenvalue weighted by atomic mass is 16.2. The topological polar surface area (TPSA) is 72.9 Å². The molecule has 1 aliphatic rings. The zero-order valence-electron chi connectivity index (χ0n) is 12.8. The maximum Gasteiger partial charge on any atom is 0.272 e. The van der Waals surface area contributed by atoms with Gasteiger partial charge in [-0.25, -0.2) is 4.68 Å². The van der Waals surface area contributed by atoms with E-state index in [4.69, 9.17) is 5.73 Å². The van der Waals surface area contributed by atoms with Crippen molar-refractivity contribution >= 4 is 5.91 Å². The minimum atomic E-state index is -0.0988. The fraction of sp³-hybridized carbons (Fsp3) is 0.412. The number of hydrogen-bond donors (Lipinski definition) is 2. The average molecular weight is 298 g/mol. The molecule has 1 aliphatic carbocycles. The van der Waals surface area contributed by atoms with Crippen molar-refractivity contribution < 1.29 is 4.79 Å². The van der Waals surface area contributed by atoms with Gasteiger partial charge in [-0.2, -0.15) is 5.10 Å². The SMILES string of the molecule is Cc1cc(C(=O)NC2CCC(N)CC2)nn1-c1ccccc1. The second-order valence-corrected chi connectivity index (χ2v) is 6.00. The lowest BCUT2D eigenvalue weighted by Gasteiger charge is -2.26. The van der Waals surface area contributed by atoms with Crippen LogP contribution in [0.1, 0.15) is 41.9 Å². The van der Waals surface area contributed by atoms with Gasteiger partial charge in [0.15, 0.2) is 5.69 Å². The molecule has 0 bridgehead atoms. The first kappa shape index (κ1) is 14.8. The normalized spacial score (nSPS) is 21.5. The van der Waals surface area contributed by atoms with Crippen LogP contribution in [0.5, 0.6) is 0 Å². The lowest BCUT2D eigenvalue weighted by molar-refractivity contribution is 0.0920. The zero-order chi connectivity index (χ0) is 15.5. The monoisotopic (exact) mass is 298 g/mol. The van der Waals surface area contributed by atoms with Crippen LogP contribution in [0.4, 0.5) is 0 Å². The highest BCUT2D eigenvalue weighted by Crippen LogP contribution is 2.18. The number of para-hydroxylation sites is 1. The first-order chi connectivity index (χ1) is 10.6. The fourth-order valence-corrected chi connectivity index (χ4v) is 2.94. The number of nitrogens with zero attached hydrogens (tertiary/aromatic N) is 2. The third-order valence-corrected chi connectivity index (χ3v) is 4.23. The summed E-state index contributed by atoms with van der Waals surface area (Å²) in [5.74, 6) is -0.0988. The van der Waals surface area contributed by atoms with Crippen LogP contribution in [0, 0.1) is 6.92 Å². The van der Waals surface area contributed by atoms with Gasteiger partial charge >= 0.3 is 0 Å². The van der Waals surface area contributed by atoms with E-state index in [9.17, 15) is 4.79 Å². The van der Waals surface area contributed by atoms with Crippen LogP contribution in [0.2, 0.25) is 0 Å². The van der Waals surface area contributed by atoms with Crippen molar-refractivity contribution in [2.24, 2.45) is 5.73 Å². The molecule has 1 aromatic heterocycles. The van der Waals surface area contributed by atoms with Crippen molar-refractivity contribution in [3.63, 3.8) is 0 Å². The molecule has 22 heavy (non-hydrogen) atoms. The number of aryl methyl sites for hydroxylation is 1. The van der Waals surface area contributed by atoms with Crippen molar-refractivity contribution in [3.8, 4) is 5.69 Å². The maximum absolute atomic E-state index is 12.4. The maximum atomic E-state index is 12.4. The van der Waals surface area contributed by atoms with Crippen LogP contribution in [-0.2, 0) is 0 Å². The molecule has 0 atom stereocenters. The highest BCUT2D eigenvalue weighted by Gasteiger charge is 2.22. The molecule has 1 fully saturated rings. The van der Waals surface area contributed by atoms with E-state index in [2.05, 4.69) is 10.4 Å². The van der Waals surface area contributed by atoms with Crippen LogP contribution in [0.3, 0.4) is 0 Å². The Kier molecular flexibility index (Phi) is 4.24. The Bertz CT molecular complexity index is 642. The molecule has 116 valence electrons. The van der Waals surface area contributed by atoms with E-state index in [0.717, 1.165) is 37.1 Å². The van der Waals surface area contributed by atoms with Gasteiger partial charge in [-0.15, -0.1) is 0 Å². The molecule has 0 unspecified atom stereocenters. The smallest absolute Gasteiger partial charge is 0.272 e. The summed E-state index contributed by atoms with van der Waals surface area (Å²) < 4.78 is 1.80. The first-order valence-electron chi connectivity index (χ1n) is 7.82. The van der Waals surface area contributed by atoms with Gasteiger partial charge in [0.2, 0.25) is 0 Å². The third kappa shape index (κ3) is 3.20. The van der Waals surface area contributed by atoms with E-state index in [1.807, 2.05) is 43.3 Å². The number of benzene rings is 1. The summed E-state index contributed by atoms with van der Waals surface area (Å²) in [4.78, 5) is 12.4. The first-order valence-corrected chi connectivity index (χ1v) is 7.82. The number of amides is 1. The number of nitrogens with one attached hydrogen (secondary N) is 1. The Morgan fingerprint density at radius 1 is 1.23 bits per heavy atom. The van der Waals surface area contributed by atoms with Gasteiger partial charge < -0.3 is 11.1 Å². The molecule has 2 aromatic rings. The molecule has 1 heterocycles. The van der Waals surface area contributed by atoms with Crippen LogP contribution < -0.4 is 11.1 Å². The standard InChI is InChI=1S/C17H22N4O/c1-12-11-16(20-21(12)15-5-3-2-4-6-15)17(22)19-14-9-7-13(18)8-10-14/h2-6,11,13-14H,7-10,18H2,1H3,(H,19,22). The lowest BCUT2D eigenvalue weighted by atomic mass is 9.92. The summed E-state index contributed by atoms with van der Waals surface area (Å²) in [5, 5.41) is 7.52. The second-order valence-electron chi connectivity index (χ2n) is 6.00. The van der Waals surface area contributed by atoms with E-state index in [-0.39, 0.29) is 18.0 Å². The van der Waals surface area contributed by atoms with Crippen LogP contribution >= 0.6 is 0 Å². The van der Waals surface area contributed by atoms with Crippen LogP contribution in [-0.4, -0.2) is 27.8 Å². The van der Waals surface area contributed by atoms with Gasteiger partial charge in [0.25, 0.3) is 5.91 Å². The van der Waals surface area contributed by atoms with E-state index in [1.165, 1.54) is 0 Å². The molecule has 0 spiro atoms. The summed E-state index contributed by atoms with van der Waals surface area (Å²) in [6, 6.07) is 12.2. The molecule has 3 rings (SSSR count). The van der Waals surface area contributed by atoms with Crippen LogP contribution in [0.25, 0.3) is 5.69 Å². The number of carbonyl (C=O) groups is 1. The summed E-state index contributed by atoms with van der Waals surface area (Å²) >= 11 is 0. The number of hydrogen-bond acceptors (Lipinski definition) is 3. The number of aromatic nitrogens is 2. The molecular weight excluding hydrogens is 276 g/mol. The molecule has 0 aliphatic heterocycles. The van der Waals surface area contributed by atoms with E-state index < -0.39 is 0 Å². The van der Waals surface area contributed by atoms with Crippen molar-refractivity contribution in [3.05, 3.63) is 47.8 Å².